The molecule has 1 aliphatic rings. The molecule has 1 atom stereocenters. The third-order valence-corrected chi connectivity index (χ3v) is 4.47. The number of hydrogen-bond donors (Lipinski definition) is 1. The lowest BCUT2D eigenvalue weighted by Crippen LogP contribution is -2.41. The van der Waals surface area contributed by atoms with Crippen molar-refractivity contribution in [2.45, 2.75) is 18.9 Å². The van der Waals surface area contributed by atoms with E-state index in [1.54, 1.807) is 0 Å². The Morgan fingerprint density at radius 1 is 1.12 bits per heavy atom. The number of nitrogens with one attached hydrogen (secondary N) is 1. The molecule has 130 valence electrons. The molecule has 0 spiro atoms. The van der Waals surface area contributed by atoms with Crippen molar-refractivity contribution in [2.24, 2.45) is 0 Å². The zero-order valence-electron chi connectivity index (χ0n) is 14.3. The molecule has 25 heavy (non-hydrogen) atoms. The number of likely N-dealkylation sites (tertiary alicyclic amines) is 1. The highest BCUT2D eigenvalue weighted by Crippen LogP contribution is 2.27. The highest BCUT2D eigenvalue weighted by molar-refractivity contribution is 5.96. The Morgan fingerprint density at radius 2 is 1.84 bits per heavy atom. The van der Waals surface area contributed by atoms with Gasteiger partial charge in [-0.15, -0.1) is 0 Å². The van der Waals surface area contributed by atoms with Crippen LogP contribution in [0.3, 0.4) is 0 Å². The van der Waals surface area contributed by atoms with Gasteiger partial charge in [-0.05, 0) is 31.0 Å². The van der Waals surface area contributed by atoms with E-state index in [0.29, 0.717) is 0 Å². The number of carbonyl (C=O) groups is 2. The van der Waals surface area contributed by atoms with E-state index in [1.165, 1.54) is 7.11 Å². The van der Waals surface area contributed by atoms with Crippen molar-refractivity contribution < 1.29 is 14.3 Å². The van der Waals surface area contributed by atoms with Crippen LogP contribution in [0.4, 0.5) is 5.69 Å². The van der Waals surface area contributed by atoms with Gasteiger partial charge >= 0.3 is 5.97 Å². The summed E-state index contributed by atoms with van der Waals surface area (Å²) in [6, 6.07) is 17.3. The molecule has 1 fully saturated rings. The molecule has 0 saturated carbocycles. The number of para-hydroxylation sites is 1. The zero-order chi connectivity index (χ0) is 17.6. The summed E-state index contributed by atoms with van der Waals surface area (Å²) in [5.74, 6) is -0.394. The third-order valence-electron chi connectivity index (χ3n) is 4.47. The van der Waals surface area contributed by atoms with Crippen molar-refractivity contribution in [1.82, 2.24) is 4.90 Å². The van der Waals surface area contributed by atoms with Crippen LogP contribution in [-0.4, -0.2) is 43.0 Å². The Labute approximate surface area is 147 Å². The lowest BCUT2D eigenvalue weighted by atomic mass is 10.0. The molecular weight excluding hydrogens is 316 g/mol. The number of methoxy groups -OCH3 is 1. The van der Waals surface area contributed by atoms with E-state index in [4.69, 9.17) is 4.74 Å². The third kappa shape index (κ3) is 4.06. The average Bonchev–Trinajstić information content (AvgIpc) is 3.10. The van der Waals surface area contributed by atoms with Crippen molar-refractivity contribution in [1.29, 1.82) is 0 Å². The van der Waals surface area contributed by atoms with Gasteiger partial charge in [-0.1, -0.05) is 48.5 Å². The summed E-state index contributed by atoms with van der Waals surface area (Å²) in [6.07, 6.45) is 1.63. The number of benzene rings is 2. The highest BCUT2D eigenvalue weighted by atomic mass is 16.5. The van der Waals surface area contributed by atoms with Gasteiger partial charge in [-0.25, -0.2) is 0 Å². The Morgan fingerprint density at radius 3 is 2.60 bits per heavy atom. The number of carbonyl (C=O) groups excluding carboxylic acids is 2. The number of hydrogen-bond acceptors (Lipinski definition) is 4. The molecule has 0 aromatic heterocycles. The summed E-state index contributed by atoms with van der Waals surface area (Å²) < 4.78 is 4.83. The number of amides is 1. The molecule has 1 amide bonds. The molecular formula is C20H22N2O3. The zero-order valence-corrected chi connectivity index (χ0v) is 14.3. The predicted molar refractivity (Wildman–Crippen MR) is 97.1 cm³/mol. The van der Waals surface area contributed by atoms with Crippen LogP contribution >= 0.6 is 0 Å². The van der Waals surface area contributed by atoms with Gasteiger partial charge in [0.2, 0.25) is 5.91 Å². The molecule has 0 unspecified atom stereocenters. The van der Waals surface area contributed by atoms with Gasteiger partial charge in [0.15, 0.2) is 0 Å². The maximum atomic E-state index is 12.5. The van der Waals surface area contributed by atoms with E-state index in [0.717, 1.165) is 36.2 Å². The van der Waals surface area contributed by atoms with Gasteiger partial charge in [-0.2, -0.15) is 0 Å². The topological polar surface area (TPSA) is 58.6 Å². The molecule has 2 aromatic carbocycles. The first-order valence-electron chi connectivity index (χ1n) is 8.45. The van der Waals surface area contributed by atoms with Crippen LogP contribution in [0.5, 0.6) is 0 Å². The maximum absolute atomic E-state index is 12.5. The minimum Gasteiger partial charge on any atom is -0.468 e. The molecule has 1 aliphatic heterocycles. The van der Waals surface area contributed by atoms with E-state index in [-0.39, 0.29) is 24.5 Å². The van der Waals surface area contributed by atoms with Gasteiger partial charge in [0.1, 0.15) is 6.04 Å². The van der Waals surface area contributed by atoms with Crippen LogP contribution in [0.2, 0.25) is 0 Å². The molecule has 1 saturated heterocycles. The molecule has 0 radical (unpaired) electrons. The van der Waals surface area contributed by atoms with Gasteiger partial charge in [0.05, 0.1) is 13.7 Å². The molecule has 0 aliphatic carbocycles. The summed E-state index contributed by atoms with van der Waals surface area (Å²) >= 11 is 0. The summed E-state index contributed by atoms with van der Waals surface area (Å²) in [5.41, 5.74) is 2.79. The van der Waals surface area contributed by atoms with Crippen LogP contribution in [0.15, 0.2) is 54.6 Å². The van der Waals surface area contributed by atoms with E-state index in [2.05, 4.69) is 5.32 Å². The Balaban J connectivity index is 1.71. The highest BCUT2D eigenvalue weighted by Gasteiger charge is 2.32. The van der Waals surface area contributed by atoms with Gasteiger partial charge in [0, 0.05) is 11.3 Å². The van der Waals surface area contributed by atoms with Crippen molar-refractivity contribution in [3.63, 3.8) is 0 Å². The fourth-order valence-corrected chi connectivity index (χ4v) is 3.25. The maximum Gasteiger partial charge on any atom is 0.323 e. The summed E-state index contributed by atoms with van der Waals surface area (Å²) in [5, 5.41) is 2.98. The molecule has 5 heteroatoms. The first-order chi connectivity index (χ1) is 12.2. The quantitative estimate of drug-likeness (QED) is 0.852. The predicted octanol–water partition coefficient (Wildman–Crippen LogP) is 2.93. The average molecular weight is 338 g/mol. The fraction of sp³-hybridized carbons (Fsp3) is 0.300. The smallest absolute Gasteiger partial charge is 0.323 e. The van der Waals surface area contributed by atoms with Gasteiger partial charge in [0.25, 0.3) is 0 Å². The standard InChI is InChI=1S/C20H22N2O3/c1-25-20(24)18-12-7-13-22(18)14-19(23)21-17-11-6-5-10-16(17)15-8-3-2-4-9-15/h2-6,8-11,18H,7,12-14H2,1H3,(H,21,23)/t18-/m1/s1. The van der Waals surface area contributed by atoms with Crippen molar-refractivity contribution in [3.8, 4) is 11.1 Å². The van der Waals surface area contributed by atoms with Crippen molar-refractivity contribution in [3.05, 3.63) is 54.6 Å². The first-order valence-corrected chi connectivity index (χ1v) is 8.45. The normalized spacial score (nSPS) is 17.2. The van der Waals surface area contributed by atoms with Gasteiger partial charge in [-0.3, -0.25) is 14.5 Å². The summed E-state index contributed by atoms with van der Waals surface area (Å²) in [6.45, 7) is 0.913. The number of esters is 1. The Kier molecular flexibility index (Phi) is 5.46. The minimum absolute atomic E-state index is 0.126. The minimum atomic E-state index is -0.319. The van der Waals surface area contributed by atoms with E-state index >= 15 is 0 Å². The van der Waals surface area contributed by atoms with Crippen LogP contribution in [0, 0.1) is 0 Å². The Bertz CT molecular complexity index is 746. The number of rotatable bonds is 5. The largest absolute Gasteiger partial charge is 0.468 e. The fourth-order valence-electron chi connectivity index (χ4n) is 3.25. The second kappa shape index (κ2) is 7.94. The van der Waals surface area contributed by atoms with Crippen LogP contribution < -0.4 is 5.32 Å². The lowest BCUT2D eigenvalue weighted by Gasteiger charge is -2.22. The number of anilines is 1. The molecule has 5 nitrogen and oxygen atoms in total. The second-order valence-electron chi connectivity index (χ2n) is 6.11. The van der Waals surface area contributed by atoms with Crippen molar-refractivity contribution in [2.75, 3.05) is 25.5 Å². The number of ether oxygens (including phenoxy) is 1. The summed E-state index contributed by atoms with van der Waals surface area (Å²) in [4.78, 5) is 26.2. The van der Waals surface area contributed by atoms with Gasteiger partial charge < -0.3 is 10.1 Å². The lowest BCUT2D eigenvalue weighted by molar-refractivity contribution is -0.146. The SMILES string of the molecule is COC(=O)[C@H]1CCCN1CC(=O)Nc1ccccc1-c1ccccc1. The monoisotopic (exact) mass is 338 g/mol. The molecule has 3 rings (SSSR count). The van der Waals surface area contributed by atoms with Crippen LogP contribution in [0.25, 0.3) is 11.1 Å². The summed E-state index contributed by atoms with van der Waals surface area (Å²) in [7, 11) is 1.38. The molecule has 1 heterocycles. The second-order valence-corrected chi connectivity index (χ2v) is 6.11. The Hall–Kier alpha value is -2.66. The number of nitrogens with zero attached hydrogens (tertiary/aromatic N) is 1. The molecule has 0 bridgehead atoms. The first kappa shape index (κ1) is 17.2. The molecule has 1 N–H and O–H groups in total. The van der Waals surface area contributed by atoms with Crippen molar-refractivity contribution >= 4 is 17.6 Å². The van der Waals surface area contributed by atoms with Crippen LogP contribution in [0.1, 0.15) is 12.8 Å². The van der Waals surface area contributed by atoms with Crippen LogP contribution in [-0.2, 0) is 14.3 Å². The molecule has 2 aromatic rings. The van der Waals surface area contributed by atoms with E-state index < -0.39 is 0 Å². The van der Waals surface area contributed by atoms with E-state index in [9.17, 15) is 9.59 Å². The van der Waals surface area contributed by atoms with E-state index in [1.807, 2.05) is 59.5 Å².